The molecule has 0 spiro atoms. The van der Waals surface area contributed by atoms with Gasteiger partial charge in [0.15, 0.2) is 5.82 Å². The number of urea groups is 1. The van der Waals surface area contributed by atoms with Gasteiger partial charge in [-0.05, 0) is 66.6 Å². The van der Waals surface area contributed by atoms with Gasteiger partial charge in [0, 0.05) is 11.3 Å². The van der Waals surface area contributed by atoms with E-state index in [1.54, 1.807) is 12.1 Å². The van der Waals surface area contributed by atoms with Crippen molar-refractivity contribution in [3.63, 3.8) is 0 Å². The summed E-state index contributed by atoms with van der Waals surface area (Å²) in [4.78, 5) is 12.3. The van der Waals surface area contributed by atoms with Crippen LogP contribution >= 0.6 is 0 Å². The summed E-state index contributed by atoms with van der Waals surface area (Å²) in [6.45, 7) is 0. The molecule has 0 saturated heterocycles. The van der Waals surface area contributed by atoms with Crippen molar-refractivity contribution in [2.75, 3.05) is 10.6 Å². The smallest absolute Gasteiger partial charge is 0.308 e. The number of amides is 2. The van der Waals surface area contributed by atoms with Gasteiger partial charge in [0.2, 0.25) is 0 Å². The van der Waals surface area contributed by atoms with Crippen LogP contribution in [0.1, 0.15) is 23.1 Å². The van der Waals surface area contributed by atoms with E-state index in [1.165, 1.54) is 29.3 Å². The lowest BCUT2D eigenvalue weighted by atomic mass is 9.89. The highest BCUT2D eigenvalue weighted by molar-refractivity contribution is 6.00. The van der Waals surface area contributed by atoms with Gasteiger partial charge < -0.3 is 10.6 Å². The number of aryl methyl sites for hydroxylation is 1. The van der Waals surface area contributed by atoms with Gasteiger partial charge in [-0.3, -0.25) is 0 Å². The predicted molar refractivity (Wildman–Crippen MR) is 112 cm³/mol. The number of hydrogen-bond acceptors (Lipinski definition) is 1. The summed E-state index contributed by atoms with van der Waals surface area (Å²) in [5.74, 6) is -0.607. The van der Waals surface area contributed by atoms with Crippen LogP contribution in [0.4, 0.5) is 33.7 Å². The molecule has 1 aliphatic carbocycles. The van der Waals surface area contributed by atoms with E-state index in [0.29, 0.717) is 11.1 Å². The Hall–Kier alpha value is -3.35. The van der Waals surface area contributed by atoms with Gasteiger partial charge in [-0.1, -0.05) is 36.4 Å². The Morgan fingerprint density at radius 1 is 0.903 bits per heavy atom. The maximum absolute atomic E-state index is 15.1. The summed E-state index contributed by atoms with van der Waals surface area (Å²) in [6, 6.07) is 13.8. The van der Waals surface area contributed by atoms with Crippen LogP contribution in [0, 0.1) is 12.2 Å². The van der Waals surface area contributed by atoms with Gasteiger partial charge in [-0.15, -0.1) is 0 Å². The monoisotopic (exact) mass is 427 g/mol. The fourth-order valence-corrected chi connectivity index (χ4v) is 3.65. The number of hydrogen-bond donors (Lipinski definition) is 2. The van der Waals surface area contributed by atoms with Crippen molar-refractivity contribution in [3.05, 3.63) is 89.6 Å². The van der Waals surface area contributed by atoms with E-state index in [0.717, 1.165) is 31.4 Å². The largest absolute Gasteiger partial charge is 0.416 e. The molecule has 31 heavy (non-hydrogen) atoms. The number of halogens is 4. The molecule has 3 aromatic carbocycles. The predicted octanol–water partition coefficient (Wildman–Crippen LogP) is 6.85. The molecule has 0 atom stereocenters. The Kier molecular flexibility index (Phi) is 5.67. The molecule has 3 aromatic rings. The third kappa shape index (κ3) is 4.71. The topological polar surface area (TPSA) is 41.1 Å². The van der Waals surface area contributed by atoms with Gasteiger partial charge in [-0.25, -0.2) is 9.18 Å². The summed E-state index contributed by atoms with van der Waals surface area (Å²) < 4.78 is 53.6. The van der Waals surface area contributed by atoms with E-state index < -0.39 is 23.6 Å². The summed E-state index contributed by atoms with van der Waals surface area (Å²) in [5.41, 5.74) is 2.46. The van der Waals surface area contributed by atoms with E-state index in [4.69, 9.17) is 0 Å². The van der Waals surface area contributed by atoms with E-state index >= 15 is 4.39 Å². The summed E-state index contributed by atoms with van der Waals surface area (Å²) in [6.07, 6.45) is 0.478. The number of carbonyl (C=O) groups is 1. The SMILES string of the molecule is O=C(Nc1cccc(C(F)(F)F)c1)Nc1cccc(-c2ccc3c(c2)CC[CH]C3)c1F. The molecule has 0 saturated carbocycles. The normalized spacial score (nSPS) is 13.4. The number of carbonyl (C=O) groups excluding carboxylic acids is 1. The average Bonchev–Trinajstić information content (AvgIpc) is 2.74. The molecule has 1 radical (unpaired) electrons. The molecule has 0 aromatic heterocycles. The minimum absolute atomic E-state index is 0.0459. The zero-order valence-electron chi connectivity index (χ0n) is 16.4. The molecule has 0 aliphatic heterocycles. The van der Waals surface area contributed by atoms with Gasteiger partial charge in [-0.2, -0.15) is 13.2 Å². The average molecular weight is 427 g/mol. The highest BCUT2D eigenvalue weighted by atomic mass is 19.4. The fraction of sp³-hybridized carbons (Fsp3) is 0.167. The third-order valence-electron chi connectivity index (χ3n) is 5.19. The molecule has 2 amide bonds. The van der Waals surface area contributed by atoms with Crippen molar-refractivity contribution >= 4 is 17.4 Å². The van der Waals surface area contributed by atoms with Crippen LogP contribution in [0.15, 0.2) is 60.7 Å². The molecule has 0 bridgehead atoms. The summed E-state index contributed by atoms with van der Waals surface area (Å²) >= 11 is 0. The van der Waals surface area contributed by atoms with Gasteiger partial charge >= 0.3 is 12.2 Å². The molecule has 159 valence electrons. The maximum Gasteiger partial charge on any atom is 0.416 e. The van der Waals surface area contributed by atoms with Crippen molar-refractivity contribution in [3.8, 4) is 11.1 Å². The van der Waals surface area contributed by atoms with Crippen LogP contribution in [0.2, 0.25) is 0 Å². The molecule has 4 rings (SSSR count). The number of alkyl halides is 3. The fourth-order valence-electron chi connectivity index (χ4n) is 3.65. The third-order valence-corrected chi connectivity index (χ3v) is 5.19. The highest BCUT2D eigenvalue weighted by Crippen LogP contribution is 2.32. The maximum atomic E-state index is 15.1. The van der Waals surface area contributed by atoms with Crippen molar-refractivity contribution in [1.82, 2.24) is 0 Å². The van der Waals surface area contributed by atoms with Crippen LogP contribution < -0.4 is 10.6 Å². The Morgan fingerprint density at radius 2 is 1.71 bits per heavy atom. The van der Waals surface area contributed by atoms with Gasteiger partial charge in [0.1, 0.15) is 0 Å². The zero-order valence-corrected chi connectivity index (χ0v) is 16.4. The molecule has 3 nitrogen and oxygen atoms in total. The van der Waals surface area contributed by atoms with Gasteiger partial charge in [0.05, 0.1) is 11.3 Å². The Morgan fingerprint density at radius 3 is 2.52 bits per heavy atom. The second-order valence-corrected chi connectivity index (χ2v) is 7.34. The molecule has 2 N–H and O–H groups in total. The van der Waals surface area contributed by atoms with Crippen molar-refractivity contribution < 1.29 is 22.4 Å². The Balaban J connectivity index is 1.53. The van der Waals surface area contributed by atoms with Gasteiger partial charge in [0.25, 0.3) is 0 Å². The lowest BCUT2D eigenvalue weighted by Crippen LogP contribution is -2.20. The standard InChI is InChI=1S/C24H19F4N2O/c25-22-20(17-12-11-15-5-1-2-6-16(15)13-17)9-4-10-21(22)30-23(31)29-19-8-3-7-18(14-19)24(26,27)28/h1,3-4,7-14H,2,5-6H2,(H2,29,30,31). The summed E-state index contributed by atoms with van der Waals surface area (Å²) in [5, 5.41) is 4.69. The van der Waals surface area contributed by atoms with Crippen molar-refractivity contribution in [1.29, 1.82) is 0 Å². The quantitative estimate of drug-likeness (QED) is 0.441. The van der Waals surface area contributed by atoms with Crippen molar-refractivity contribution in [2.45, 2.75) is 25.4 Å². The molecule has 1 aliphatic rings. The molecule has 0 fully saturated rings. The Bertz CT molecular complexity index is 1120. The van der Waals surface area contributed by atoms with E-state index in [2.05, 4.69) is 17.1 Å². The van der Waals surface area contributed by atoms with Crippen LogP contribution in [0.3, 0.4) is 0 Å². The second kappa shape index (κ2) is 8.41. The van der Waals surface area contributed by atoms with Crippen LogP contribution in [-0.2, 0) is 19.0 Å². The minimum atomic E-state index is -4.53. The zero-order chi connectivity index (χ0) is 22.0. The molecule has 0 heterocycles. The first-order chi connectivity index (χ1) is 14.8. The summed E-state index contributed by atoms with van der Waals surface area (Å²) in [7, 11) is 0. The number of rotatable bonds is 3. The molecular weight excluding hydrogens is 408 g/mol. The first kappa shape index (κ1) is 20.9. The second-order valence-electron chi connectivity index (χ2n) is 7.34. The van der Waals surface area contributed by atoms with E-state index in [9.17, 15) is 18.0 Å². The molecule has 7 heteroatoms. The van der Waals surface area contributed by atoms with Crippen LogP contribution in [0.25, 0.3) is 11.1 Å². The first-order valence-corrected chi connectivity index (χ1v) is 9.79. The minimum Gasteiger partial charge on any atom is -0.308 e. The lowest BCUT2D eigenvalue weighted by molar-refractivity contribution is -0.137. The highest BCUT2D eigenvalue weighted by Gasteiger charge is 2.30. The van der Waals surface area contributed by atoms with Crippen molar-refractivity contribution in [2.24, 2.45) is 0 Å². The van der Waals surface area contributed by atoms with E-state index in [1.807, 2.05) is 18.2 Å². The lowest BCUT2D eigenvalue weighted by Gasteiger charge is -2.17. The van der Waals surface area contributed by atoms with E-state index in [-0.39, 0.29) is 11.4 Å². The van der Waals surface area contributed by atoms with Crippen LogP contribution in [0.5, 0.6) is 0 Å². The Labute approximate surface area is 177 Å². The van der Waals surface area contributed by atoms with Crippen LogP contribution in [-0.4, -0.2) is 6.03 Å². The molecule has 0 unspecified atom stereocenters. The number of fused-ring (bicyclic) bond motifs is 1. The molecular formula is C24H19F4N2O. The number of anilines is 2. The first-order valence-electron chi connectivity index (χ1n) is 9.79. The number of nitrogens with one attached hydrogen (secondary N) is 2. The number of benzene rings is 3.